The monoisotopic (exact) mass is 554 g/mol. The zero-order valence-corrected chi connectivity index (χ0v) is 21.7. The molecule has 3 aromatic rings. The van der Waals surface area contributed by atoms with Crippen molar-refractivity contribution in [3.05, 3.63) is 76.2 Å². The SMILES string of the molecule is Nc1csc(CNC(=O)C2CC3(CN2C(=O)CNC(=O)c2ccc(Oc4ccc(F)cc4)cc2)OCCO3)c1. The molecule has 10 nitrogen and oxygen atoms in total. The van der Waals surface area contributed by atoms with Gasteiger partial charge in [0.15, 0.2) is 5.79 Å². The predicted octanol–water partition coefficient (Wildman–Crippen LogP) is 2.65. The fourth-order valence-corrected chi connectivity index (χ4v) is 5.21. The summed E-state index contributed by atoms with van der Waals surface area (Å²) in [6.45, 7) is 0.811. The number of carbonyl (C=O) groups excluding carboxylic acids is 3. The van der Waals surface area contributed by atoms with Gasteiger partial charge in [0.2, 0.25) is 11.8 Å². The quantitative estimate of drug-likeness (QED) is 0.390. The fraction of sp³-hybridized carbons (Fsp3) is 0.296. The number of ether oxygens (including phenoxy) is 3. The van der Waals surface area contributed by atoms with E-state index in [1.807, 2.05) is 0 Å². The Balaban J connectivity index is 1.18. The third-order valence-corrected chi connectivity index (χ3v) is 7.36. The normalized spacial score (nSPS) is 17.8. The fourth-order valence-electron chi connectivity index (χ4n) is 4.50. The minimum absolute atomic E-state index is 0.0845. The molecule has 204 valence electrons. The molecule has 3 amide bonds. The van der Waals surface area contributed by atoms with Crippen molar-refractivity contribution in [1.82, 2.24) is 15.5 Å². The average molecular weight is 555 g/mol. The molecule has 1 aromatic heterocycles. The van der Waals surface area contributed by atoms with Crippen molar-refractivity contribution < 1.29 is 33.0 Å². The lowest BCUT2D eigenvalue weighted by Crippen LogP contribution is -2.49. The number of nitrogens with two attached hydrogens (primary N) is 1. The predicted molar refractivity (Wildman–Crippen MR) is 141 cm³/mol. The van der Waals surface area contributed by atoms with Crippen molar-refractivity contribution in [3.63, 3.8) is 0 Å². The number of nitrogen functional groups attached to an aromatic ring is 1. The van der Waals surface area contributed by atoms with Gasteiger partial charge in [-0.25, -0.2) is 4.39 Å². The maximum atomic E-state index is 13.2. The molecule has 3 heterocycles. The van der Waals surface area contributed by atoms with E-state index >= 15 is 0 Å². The number of benzene rings is 2. The van der Waals surface area contributed by atoms with E-state index in [9.17, 15) is 18.8 Å². The molecule has 2 saturated heterocycles. The Kier molecular flexibility index (Phi) is 7.77. The van der Waals surface area contributed by atoms with Crippen molar-refractivity contribution >= 4 is 34.7 Å². The number of anilines is 1. The van der Waals surface area contributed by atoms with E-state index in [4.69, 9.17) is 19.9 Å². The van der Waals surface area contributed by atoms with E-state index in [0.717, 1.165) is 4.88 Å². The van der Waals surface area contributed by atoms with Gasteiger partial charge in [0.1, 0.15) is 23.4 Å². The third kappa shape index (κ3) is 6.36. The minimum Gasteiger partial charge on any atom is -0.457 e. The first-order chi connectivity index (χ1) is 18.8. The first-order valence-electron chi connectivity index (χ1n) is 12.3. The van der Waals surface area contributed by atoms with Crippen LogP contribution >= 0.6 is 11.3 Å². The molecule has 2 aromatic carbocycles. The molecule has 2 aliphatic heterocycles. The number of nitrogens with one attached hydrogen (secondary N) is 2. The van der Waals surface area contributed by atoms with Crippen LogP contribution in [-0.4, -0.2) is 60.8 Å². The van der Waals surface area contributed by atoms with E-state index in [1.54, 1.807) is 35.7 Å². The van der Waals surface area contributed by atoms with Crippen LogP contribution in [0.3, 0.4) is 0 Å². The van der Waals surface area contributed by atoms with Crippen LogP contribution in [0.5, 0.6) is 11.5 Å². The first-order valence-corrected chi connectivity index (χ1v) is 13.2. The molecule has 1 spiro atoms. The van der Waals surface area contributed by atoms with Crippen LogP contribution < -0.4 is 21.1 Å². The van der Waals surface area contributed by atoms with Crippen LogP contribution in [0, 0.1) is 5.82 Å². The summed E-state index contributed by atoms with van der Waals surface area (Å²) in [5, 5.41) is 7.26. The van der Waals surface area contributed by atoms with E-state index in [-0.39, 0.29) is 37.8 Å². The topological polar surface area (TPSA) is 132 Å². The molecule has 4 N–H and O–H groups in total. The Hall–Kier alpha value is -4.00. The highest BCUT2D eigenvalue weighted by molar-refractivity contribution is 7.10. The van der Waals surface area contributed by atoms with Crippen LogP contribution in [-0.2, 0) is 25.6 Å². The number of likely N-dealkylation sites (tertiary alicyclic amines) is 1. The molecular weight excluding hydrogens is 527 g/mol. The molecule has 0 radical (unpaired) electrons. The highest BCUT2D eigenvalue weighted by Gasteiger charge is 2.52. The summed E-state index contributed by atoms with van der Waals surface area (Å²) in [4.78, 5) is 41.2. The zero-order valence-electron chi connectivity index (χ0n) is 20.9. The Morgan fingerprint density at radius 1 is 1.05 bits per heavy atom. The molecule has 2 aliphatic rings. The van der Waals surface area contributed by atoms with Gasteiger partial charge in [0.05, 0.1) is 32.8 Å². The van der Waals surface area contributed by atoms with Gasteiger partial charge in [-0.3, -0.25) is 14.4 Å². The summed E-state index contributed by atoms with van der Waals surface area (Å²) in [6, 6.07) is 12.8. The molecule has 39 heavy (non-hydrogen) atoms. The van der Waals surface area contributed by atoms with E-state index in [1.165, 1.54) is 40.5 Å². The number of halogens is 1. The standard InChI is InChI=1S/C27H27FN4O6S/c28-18-3-7-21(8-4-18)38-20-5-1-17(2-6-20)25(34)31-14-24(33)32-16-27(36-9-10-37-27)12-23(32)26(35)30-13-22-11-19(29)15-39-22/h1-8,11,15,23H,9-10,12-14,16,29H2,(H,30,35)(H,31,34). The summed E-state index contributed by atoms with van der Waals surface area (Å²) in [6.07, 6.45) is 0.195. The smallest absolute Gasteiger partial charge is 0.251 e. The number of rotatable bonds is 8. The third-order valence-electron chi connectivity index (χ3n) is 6.41. The van der Waals surface area contributed by atoms with Gasteiger partial charge in [-0.2, -0.15) is 0 Å². The zero-order chi connectivity index (χ0) is 27.4. The molecular formula is C27H27FN4O6S. The van der Waals surface area contributed by atoms with E-state index in [2.05, 4.69) is 10.6 Å². The Bertz CT molecular complexity index is 1340. The van der Waals surface area contributed by atoms with Gasteiger partial charge in [-0.1, -0.05) is 0 Å². The molecule has 0 bridgehead atoms. The van der Waals surface area contributed by atoms with Crippen molar-refractivity contribution in [2.45, 2.75) is 24.8 Å². The molecule has 5 rings (SSSR count). The molecule has 12 heteroatoms. The van der Waals surface area contributed by atoms with E-state index in [0.29, 0.717) is 36.0 Å². The number of thiophene rings is 1. The van der Waals surface area contributed by atoms with Crippen molar-refractivity contribution in [1.29, 1.82) is 0 Å². The summed E-state index contributed by atoms with van der Waals surface area (Å²) >= 11 is 1.43. The summed E-state index contributed by atoms with van der Waals surface area (Å²) in [7, 11) is 0. The molecule has 2 fully saturated rings. The van der Waals surface area contributed by atoms with Crippen molar-refractivity contribution in [2.24, 2.45) is 0 Å². The maximum absolute atomic E-state index is 13.2. The molecule has 0 saturated carbocycles. The second-order valence-electron chi connectivity index (χ2n) is 9.18. The van der Waals surface area contributed by atoms with Gasteiger partial charge in [-0.15, -0.1) is 11.3 Å². The van der Waals surface area contributed by atoms with Crippen molar-refractivity contribution in [2.75, 3.05) is 32.0 Å². The maximum Gasteiger partial charge on any atom is 0.251 e. The number of nitrogens with zero attached hydrogens (tertiary/aromatic N) is 1. The summed E-state index contributed by atoms with van der Waals surface area (Å²) in [5.74, 6) is -1.72. The summed E-state index contributed by atoms with van der Waals surface area (Å²) < 4.78 is 30.2. The van der Waals surface area contributed by atoms with Crippen LogP contribution in [0.1, 0.15) is 21.7 Å². The number of carbonyl (C=O) groups is 3. The van der Waals surface area contributed by atoms with Crippen LogP contribution in [0.15, 0.2) is 60.0 Å². The number of hydrogen-bond donors (Lipinski definition) is 3. The molecule has 0 aliphatic carbocycles. The van der Waals surface area contributed by atoms with E-state index < -0.39 is 23.6 Å². The van der Waals surface area contributed by atoms with Gasteiger partial charge < -0.3 is 35.5 Å². The lowest BCUT2D eigenvalue weighted by Gasteiger charge is -2.24. The van der Waals surface area contributed by atoms with Crippen LogP contribution in [0.25, 0.3) is 0 Å². The first kappa shape index (κ1) is 26.6. The highest BCUT2D eigenvalue weighted by Crippen LogP contribution is 2.35. The van der Waals surface area contributed by atoms with Gasteiger partial charge >= 0.3 is 0 Å². The van der Waals surface area contributed by atoms with Crippen LogP contribution in [0.2, 0.25) is 0 Å². The lowest BCUT2D eigenvalue weighted by molar-refractivity contribution is -0.152. The highest BCUT2D eigenvalue weighted by atomic mass is 32.1. The second kappa shape index (κ2) is 11.4. The Labute approximate surface area is 227 Å². The Morgan fingerprint density at radius 3 is 2.36 bits per heavy atom. The van der Waals surface area contributed by atoms with Gasteiger partial charge in [0, 0.05) is 27.9 Å². The molecule has 1 atom stereocenters. The second-order valence-corrected chi connectivity index (χ2v) is 10.2. The largest absolute Gasteiger partial charge is 0.457 e. The lowest BCUT2D eigenvalue weighted by atomic mass is 10.1. The van der Waals surface area contributed by atoms with Gasteiger partial charge in [-0.05, 0) is 54.6 Å². The van der Waals surface area contributed by atoms with Crippen molar-refractivity contribution in [3.8, 4) is 11.5 Å². The average Bonchev–Trinajstić information content (AvgIpc) is 3.68. The molecule has 1 unspecified atom stereocenters. The Morgan fingerprint density at radius 2 is 1.72 bits per heavy atom. The van der Waals surface area contributed by atoms with Crippen LogP contribution in [0.4, 0.5) is 10.1 Å². The van der Waals surface area contributed by atoms with Gasteiger partial charge in [0.25, 0.3) is 5.91 Å². The summed E-state index contributed by atoms with van der Waals surface area (Å²) in [5.41, 5.74) is 6.69. The number of hydrogen-bond acceptors (Lipinski definition) is 8. The minimum atomic E-state index is -1.03. The number of amides is 3.